The highest BCUT2D eigenvalue weighted by atomic mass is 16.7. The Kier molecular flexibility index (Phi) is 8.96. The van der Waals surface area contributed by atoms with Gasteiger partial charge in [0.05, 0.1) is 24.4 Å². The van der Waals surface area contributed by atoms with Gasteiger partial charge in [0.1, 0.15) is 6.79 Å². The molecule has 0 aliphatic heterocycles. The first-order valence-electron chi connectivity index (χ1n) is 18.4. The van der Waals surface area contributed by atoms with Gasteiger partial charge in [0.25, 0.3) is 0 Å². The van der Waals surface area contributed by atoms with Gasteiger partial charge < -0.3 is 29.2 Å². The van der Waals surface area contributed by atoms with E-state index in [-0.39, 0.29) is 47.8 Å². The molecule has 8 saturated carbocycles. The molecule has 0 radical (unpaired) electrons. The summed E-state index contributed by atoms with van der Waals surface area (Å²) >= 11 is 0. The lowest BCUT2D eigenvalue weighted by Gasteiger charge is -2.63. The molecular weight excluding hydrogens is 556 g/mol. The van der Waals surface area contributed by atoms with E-state index in [2.05, 4.69) is 20.8 Å². The van der Waals surface area contributed by atoms with Crippen molar-refractivity contribution in [3.8, 4) is 0 Å². The molecule has 0 aromatic heterocycles. The van der Waals surface area contributed by atoms with Gasteiger partial charge in [0.2, 0.25) is 0 Å². The maximum Gasteiger partial charge on any atom is 0.307 e. The van der Waals surface area contributed by atoms with Crippen LogP contribution < -0.4 is 0 Å². The molecule has 8 rings (SSSR count). The standard InChI is InChI=1S/C37H60O7/c1-21(5-8-33(40)43-19-41-4)28-6-7-29-34-30(18-32(39)37(28,29)3)36(2)10-9-27(16-26(36)17-31(34)38)42-20-44-35-24-12-22-11-23(14-24)15-25(35)13-22/h21-32,34-35,38-39H,5-20H2,1-4H3/t21?,22?,23?,24?,25?,26?,27-,28?,29?,30?,31-,32+,34?,35?,36+,37-/m1/s1. The zero-order valence-electron chi connectivity index (χ0n) is 27.8. The lowest BCUT2D eigenvalue weighted by Crippen LogP contribution is -2.62. The van der Waals surface area contributed by atoms with Gasteiger partial charge in [-0.05, 0) is 153 Å². The van der Waals surface area contributed by atoms with Crippen molar-refractivity contribution in [1.29, 1.82) is 0 Å². The van der Waals surface area contributed by atoms with Gasteiger partial charge in [0.15, 0.2) is 6.79 Å². The molecule has 0 aromatic rings. The molecule has 11 atom stereocenters. The van der Waals surface area contributed by atoms with E-state index in [0.29, 0.717) is 48.9 Å². The third kappa shape index (κ3) is 5.41. The molecule has 7 heteroatoms. The molecular formula is C37H60O7. The SMILES string of the molecule is COCOC(=O)CCC(C)C1CCC2C3C(C[C@H](O)[C@]12C)[C@@]1(C)CC[C@@H](OCOC2C4CC5CC(C4)CC2C5)CC1C[C@H]3O. The highest BCUT2D eigenvalue weighted by Gasteiger charge is 2.65. The summed E-state index contributed by atoms with van der Waals surface area (Å²) in [6, 6.07) is 0. The Morgan fingerprint density at radius 2 is 1.59 bits per heavy atom. The van der Waals surface area contributed by atoms with Gasteiger partial charge in [-0.15, -0.1) is 0 Å². The number of ether oxygens (including phenoxy) is 4. The number of carbonyl (C=O) groups is 1. The number of rotatable bonds is 10. The van der Waals surface area contributed by atoms with E-state index in [1.807, 2.05) is 0 Å². The predicted octanol–water partition coefficient (Wildman–Crippen LogP) is 6.33. The fraction of sp³-hybridized carbons (Fsp3) is 0.973. The number of carbonyl (C=O) groups excluding carboxylic acids is 1. The summed E-state index contributed by atoms with van der Waals surface area (Å²) in [5.41, 5.74) is -0.0973. The number of hydrogen-bond donors (Lipinski definition) is 2. The number of methoxy groups -OCH3 is 1. The molecule has 0 spiro atoms. The molecule has 4 bridgehead atoms. The van der Waals surface area contributed by atoms with Crippen LogP contribution in [0.5, 0.6) is 0 Å². The summed E-state index contributed by atoms with van der Waals surface area (Å²) in [6.45, 7) is 7.43. The van der Waals surface area contributed by atoms with E-state index in [4.69, 9.17) is 18.9 Å². The largest absolute Gasteiger partial charge is 0.438 e. The average molecular weight is 617 g/mol. The molecule has 8 aliphatic carbocycles. The van der Waals surface area contributed by atoms with Gasteiger partial charge >= 0.3 is 5.97 Å². The average Bonchev–Trinajstić information content (AvgIpc) is 3.35. The first-order valence-corrected chi connectivity index (χ1v) is 18.4. The summed E-state index contributed by atoms with van der Waals surface area (Å²) in [4.78, 5) is 12.2. The first kappa shape index (κ1) is 31.8. The molecule has 2 N–H and O–H groups in total. The molecule has 8 fully saturated rings. The smallest absolute Gasteiger partial charge is 0.307 e. The molecule has 0 heterocycles. The van der Waals surface area contributed by atoms with E-state index in [1.54, 1.807) is 0 Å². The van der Waals surface area contributed by atoms with Crippen molar-refractivity contribution in [3.63, 3.8) is 0 Å². The lowest BCUT2D eigenvalue weighted by atomic mass is 9.43. The summed E-state index contributed by atoms with van der Waals surface area (Å²) in [5, 5.41) is 23.7. The Hall–Kier alpha value is -0.730. The zero-order chi connectivity index (χ0) is 30.8. The van der Waals surface area contributed by atoms with E-state index >= 15 is 0 Å². The highest BCUT2D eigenvalue weighted by Crippen LogP contribution is 2.68. The Morgan fingerprint density at radius 3 is 2.30 bits per heavy atom. The van der Waals surface area contributed by atoms with Gasteiger partial charge in [-0.2, -0.15) is 0 Å². The van der Waals surface area contributed by atoms with Crippen molar-refractivity contribution in [1.82, 2.24) is 0 Å². The van der Waals surface area contributed by atoms with Crippen LogP contribution in [0.1, 0.15) is 111 Å². The Bertz CT molecular complexity index is 1010. The van der Waals surface area contributed by atoms with Crippen LogP contribution in [0.4, 0.5) is 0 Å². The number of hydrogen-bond acceptors (Lipinski definition) is 7. The summed E-state index contributed by atoms with van der Waals surface area (Å²) in [7, 11) is 1.52. The maximum absolute atomic E-state index is 12.2. The Labute approximate surface area is 265 Å². The van der Waals surface area contributed by atoms with Crippen LogP contribution >= 0.6 is 0 Å². The van der Waals surface area contributed by atoms with Gasteiger partial charge in [-0.25, -0.2) is 0 Å². The monoisotopic (exact) mass is 616 g/mol. The van der Waals surface area contributed by atoms with Crippen LogP contribution in [0.15, 0.2) is 0 Å². The fourth-order valence-electron chi connectivity index (χ4n) is 13.4. The lowest BCUT2D eigenvalue weighted by molar-refractivity contribution is -0.223. The number of esters is 1. The summed E-state index contributed by atoms with van der Waals surface area (Å²) in [6.07, 6.45) is 14.9. The third-order valence-corrected chi connectivity index (χ3v) is 15.3. The molecule has 0 aromatic carbocycles. The van der Waals surface area contributed by atoms with Crippen LogP contribution in [-0.2, 0) is 23.7 Å². The number of fused-ring (bicyclic) bond motifs is 5. The molecule has 44 heavy (non-hydrogen) atoms. The van der Waals surface area contributed by atoms with Gasteiger partial charge in [-0.1, -0.05) is 20.8 Å². The van der Waals surface area contributed by atoms with E-state index in [1.165, 1.54) is 39.2 Å². The second-order valence-corrected chi connectivity index (χ2v) is 17.3. The Balaban J connectivity index is 0.960. The van der Waals surface area contributed by atoms with Crippen molar-refractivity contribution in [2.75, 3.05) is 20.7 Å². The van der Waals surface area contributed by atoms with Crippen molar-refractivity contribution in [2.24, 2.45) is 70.0 Å². The first-order chi connectivity index (χ1) is 21.1. The second-order valence-electron chi connectivity index (χ2n) is 17.3. The van der Waals surface area contributed by atoms with Crippen molar-refractivity contribution in [2.45, 2.75) is 135 Å². The predicted molar refractivity (Wildman–Crippen MR) is 166 cm³/mol. The number of aliphatic hydroxyl groups is 2. The van der Waals surface area contributed by atoms with Crippen molar-refractivity contribution >= 4 is 5.97 Å². The minimum absolute atomic E-state index is 0.00147. The summed E-state index contributed by atoms with van der Waals surface area (Å²) in [5.74, 6) is 5.19. The van der Waals surface area contributed by atoms with E-state index in [9.17, 15) is 15.0 Å². The molecule has 0 saturated heterocycles. The van der Waals surface area contributed by atoms with Crippen molar-refractivity contribution < 1.29 is 34.0 Å². The molecule has 6 unspecified atom stereocenters. The van der Waals surface area contributed by atoms with Crippen LogP contribution in [0.25, 0.3) is 0 Å². The maximum atomic E-state index is 12.2. The Morgan fingerprint density at radius 1 is 0.864 bits per heavy atom. The van der Waals surface area contributed by atoms with E-state index in [0.717, 1.165) is 75.0 Å². The van der Waals surface area contributed by atoms with Crippen molar-refractivity contribution in [3.05, 3.63) is 0 Å². The van der Waals surface area contributed by atoms with Crippen LogP contribution in [-0.4, -0.2) is 61.3 Å². The van der Waals surface area contributed by atoms with Crippen LogP contribution in [0, 0.1) is 70.0 Å². The minimum atomic E-state index is -0.379. The van der Waals surface area contributed by atoms with Crippen LogP contribution in [0.2, 0.25) is 0 Å². The molecule has 7 nitrogen and oxygen atoms in total. The van der Waals surface area contributed by atoms with Gasteiger partial charge in [-0.3, -0.25) is 4.79 Å². The highest BCUT2D eigenvalue weighted by molar-refractivity contribution is 5.69. The second kappa shape index (κ2) is 12.4. The molecule has 0 amide bonds. The molecule has 250 valence electrons. The third-order valence-electron chi connectivity index (χ3n) is 15.3. The van der Waals surface area contributed by atoms with Gasteiger partial charge in [0, 0.05) is 13.5 Å². The van der Waals surface area contributed by atoms with E-state index < -0.39 is 0 Å². The number of aliphatic hydroxyl groups excluding tert-OH is 2. The molecule has 8 aliphatic rings. The van der Waals surface area contributed by atoms with Crippen LogP contribution in [0.3, 0.4) is 0 Å². The summed E-state index contributed by atoms with van der Waals surface area (Å²) < 4.78 is 23.0. The normalized spacial score (nSPS) is 51.4. The topological polar surface area (TPSA) is 94.5 Å². The minimum Gasteiger partial charge on any atom is -0.438 e. The fourth-order valence-corrected chi connectivity index (χ4v) is 13.4. The zero-order valence-corrected chi connectivity index (χ0v) is 27.8. The quantitative estimate of drug-likeness (QED) is 0.219.